The lowest BCUT2D eigenvalue weighted by Gasteiger charge is -2.48. The van der Waals surface area contributed by atoms with Crippen molar-refractivity contribution in [1.29, 1.82) is 0 Å². The summed E-state index contributed by atoms with van der Waals surface area (Å²) in [7, 11) is 0. The lowest BCUT2D eigenvalue weighted by atomic mass is 9.59. The predicted octanol–water partition coefficient (Wildman–Crippen LogP) is 3.04. The second-order valence-electron chi connectivity index (χ2n) is 11.3. The minimum absolute atomic E-state index is 0.00639. The molecule has 1 aromatic heterocycles. The molecule has 180 valence electrons. The molecule has 0 radical (unpaired) electrons. The summed E-state index contributed by atoms with van der Waals surface area (Å²) in [5.41, 5.74) is -1.90. The lowest BCUT2D eigenvalue weighted by Crippen LogP contribution is -2.66. The van der Waals surface area contributed by atoms with Crippen LogP contribution in [0.25, 0.3) is 11.0 Å². The molecule has 3 N–H and O–H groups in total. The number of hydrogen-bond donors (Lipinski definition) is 3. The van der Waals surface area contributed by atoms with E-state index in [1.165, 1.54) is 0 Å². The quantitative estimate of drug-likeness (QED) is 0.597. The molecular formula is C27H31NO6. The number of aliphatic hydroxyl groups excluding tert-OH is 2. The van der Waals surface area contributed by atoms with Gasteiger partial charge in [-0.1, -0.05) is 45.1 Å². The van der Waals surface area contributed by atoms with Gasteiger partial charge in [-0.25, -0.2) is 0 Å². The first-order valence-corrected chi connectivity index (χ1v) is 12.1. The topological polar surface area (TPSA) is 113 Å². The van der Waals surface area contributed by atoms with Gasteiger partial charge >= 0.3 is 0 Å². The smallest absolute Gasteiger partial charge is 0.262 e. The largest absolute Gasteiger partial charge is 0.464 e. The number of benzene rings is 1. The van der Waals surface area contributed by atoms with Crippen LogP contribution in [0.3, 0.4) is 0 Å². The number of rotatable bonds is 3. The fraction of sp³-hybridized carbons (Fsp3) is 0.556. The highest BCUT2D eigenvalue weighted by atomic mass is 16.6. The lowest BCUT2D eigenvalue weighted by molar-refractivity contribution is -0.186. The Balaban J connectivity index is 1.53. The number of ketones is 1. The van der Waals surface area contributed by atoms with Gasteiger partial charge < -0.3 is 24.6 Å². The van der Waals surface area contributed by atoms with Crippen LogP contribution < -0.4 is 4.74 Å². The Labute approximate surface area is 198 Å². The molecule has 0 aliphatic heterocycles. The zero-order chi connectivity index (χ0) is 24.2. The van der Waals surface area contributed by atoms with Gasteiger partial charge in [-0.15, -0.1) is 0 Å². The van der Waals surface area contributed by atoms with Crippen LogP contribution in [0.4, 0.5) is 0 Å². The van der Waals surface area contributed by atoms with Gasteiger partial charge in [-0.2, -0.15) is 0 Å². The van der Waals surface area contributed by atoms with Crippen molar-refractivity contribution in [3.05, 3.63) is 47.6 Å². The molecule has 4 aliphatic rings. The van der Waals surface area contributed by atoms with Crippen LogP contribution in [0.2, 0.25) is 0 Å². The number of ether oxygens (including phenoxy) is 1. The molecule has 2 saturated carbocycles. The first-order chi connectivity index (χ1) is 16.1. The number of nitrogens with zero attached hydrogens (tertiary/aromatic N) is 1. The van der Waals surface area contributed by atoms with Gasteiger partial charge in [0.25, 0.3) is 5.88 Å². The maximum absolute atomic E-state index is 14.4. The Morgan fingerprint density at radius 2 is 2.00 bits per heavy atom. The first kappa shape index (κ1) is 22.0. The molecule has 0 amide bonds. The molecule has 6 rings (SSSR count). The summed E-state index contributed by atoms with van der Waals surface area (Å²) < 4.78 is 11.7. The molecule has 34 heavy (non-hydrogen) atoms. The summed E-state index contributed by atoms with van der Waals surface area (Å²) in [6.45, 7) is 7.71. The highest BCUT2D eigenvalue weighted by Crippen LogP contribution is 2.71. The van der Waals surface area contributed by atoms with Crippen molar-refractivity contribution >= 4 is 16.8 Å². The molecule has 1 aromatic carbocycles. The highest BCUT2D eigenvalue weighted by molar-refractivity contribution is 5.95. The normalized spacial score (nSPS) is 42.3. The molecule has 1 unspecified atom stereocenters. The Bertz CT molecular complexity index is 1260. The van der Waals surface area contributed by atoms with E-state index in [1.807, 2.05) is 38.1 Å². The Hall–Kier alpha value is -2.48. The van der Waals surface area contributed by atoms with Gasteiger partial charge in [-0.05, 0) is 64.9 Å². The van der Waals surface area contributed by atoms with Crippen molar-refractivity contribution in [3.8, 4) is 5.88 Å². The average molecular weight is 466 g/mol. The van der Waals surface area contributed by atoms with E-state index in [1.54, 1.807) is 12.1 Å². The van der Waals surface area contributed by atoms with Crippen molar-refractivity contribution in [1.82, 2.24) is 5.16 Å². The van der Waals surface area contributed by atoms with Crippen molar-refractivity contribution in [2.45, 2.75) is 51.9 Å². The van der Waals surface area contributed by atoms with E-state index in [-0.39, 0.29) is 34.5 Å². The zero-order valence-corrected chi connectivity index (χ0v) is 19.9. The molecule has 2 aromatic rings. The number of carbonyl (C=O) groups excluding carboxylic acids is 1. The molecule has 1 spiro atoms. The monoisotopic (exact) mass is 465 g/mol. The van der Waals surface area contributed by atoms with E-state index in [0.29, 0.717) is 22.5 Å². The van der Waals surface area contributed by atoms with Gasteiger partial charge in [0.1, 0.15) is 6.10 Å². The van der Waals surface area contributed by atoms with E-state index in [9.17, 15) is 20.1 Å². The van der Waals surface area contributed by atoms with Gasteiger partial charge in [0, 0.05) is 5.92 Å². The Morgan fingerprint density at radius 3 is 2.74 bits per heavy atom. The molecule has 7 nitrogen and oxygen atoms in total. The van der Waals surface area contributed by atoms with Crippen LogP contribution in [-0.2, 0) is 4.79 Å². The van der Waals surface area contributed by atoms with Crippen LogP contribution in [-0.4, -0.2) is 50.7 Å². The number of allylic oxidation sites excluding steroid dienone is 1. The molecule has 2 fully saturated rings. The van der Waals surface area contributed by atoms with Crippen LogP contribution in [0.1, 0.15) is 34.1 Å². The highest BCUT2D eigenvalue weighted by Gasteiger charge is 2.76. The van der Waals surface area contributed by atoms with Crippen LogP contribution in [0, 0.1) is 34.5 Å². The number of Topliss-reactive ketones (excluding diaryl/α,β-unsaturated/α-hetero) is 1. The van der Waals surface area contributed by atoms with Crippen LogP contribution in [0.5, 0.6) is 5.88 Å². The van der Waals surface area contributed by atoms with E-state index in [2.05, 4.69) is 19.0 Å². The van der Waals surface area contributed by atoms with E-state index < -0.39 is 35.7 Å². The number of hydrogen-bond acceptors (Lipinski definition) is 7. The van der Waals surface area contributed by atoms with Crippen molar-refractivity contribution in [2.24, 2.45) is 34.5 Å². The summed E-state index contributed by atoms with van der Waals surface area (Å²) in [5, 5.41) is 39.0. The molecule has 7 heteroatoms. The van der Waals surface area contributed by atoms with Gasteiger partial charge in [0.15, 0.2) is 23.1 Å². The molecule has 4 aliphatic carbocycles. The van der Waals surface area contributed by atoms with Crippen molar-refractivity contribution < 1.29 is 29.4 Å². The third kappa shape index (κ3) is 2.42. The third-order valence-electron chi connectivity index (χ3n) is 9.47. The van der Waals surface area contributed by atoms with Gasteiger partial charge in [0.05, 0.1) is 17.4 Å². The number of fused-ring (bicyclic) bond motifs is 4. The number of aromatic nitrogens is 1. The fourth-order valence-corrected chi connectivity index (χ4v) is 7.65. The number of para-hydroxylation sites is 1. The Morgan fingerprint density at radius 1 is 1.26 bits per heavy atom. The minimum atomic E-state index is -2.00. The fourth-order valence-electron chi connectivity index (χ4n) is 7.65. The van der Waals surface area contributed by atoms with Gasteiger partial charge in [0.2, 0.25) is 0 Å². The molecule has 0 saturated heterocycles. The third-order valence-corrected chi connectivity index (χ3v) is 9.47. The van der Waals surface area contributed by atoms with E-state index in [4.69, 9.17) is 9.26 Å². The molecule has 2 bridgehead atoms. The maximum Gasteiger partial charge on any atom is 0.262 e. The Kier molecular flexibility index (Phi) is 4.41. The van der Waals surface area contributed by atoms with Crippen molar-refractivity contribution in [3.63, 3.8) is 0 Å². The van der Waals surface area contributed by atoms with Gasteiger partial charge in [-0.3, -0.25) is 4.79 Å². The standard InChI is InChI=1S/C27H31NO6/c1-13-11-26-14(2)9-18-20(25(18,3)4)17(22(26)31)10-15(12-29)21(30)27(26,32)23(13)33-24-16-7-5-6-8-19(16)34-28-24/h5-8,10-11,14,17-18,20-21,23,29-30,32H,9,12H2,1-4H3/t14-,17+,18-,20+,21-,23+,26?,27+/m1/s1. The summed E-state index contributed by atoms with van der Waals surface area (Å²) >= 11 is 0. The average Bonchev–Trinajstić information content (AvgIpc) is 3.09. The van der Waals surface area contributed by atoms with E-state index in [0.717, 1.165) is 6.42 Å². The van der Waals surface area contributed by atoms with Crippen LogP contribution in [0.15, 0.2) is 52.1 Å². The first-order valence-electron chi connectivity index (χ1n) is 12.1. The molecule has 8 atom stereocenters. The van der Waals surface area contributed by atoms with E-state index >= 15 is 0 Å². The van der Waals surface area contributed by atoms with Crippen molar-refractivity contribution in [2.75, 3.05) is 6.61 Å². The molecular weight excluding hydrogens is 434 g/mol. The summed E-state index contributed by atoms with van der Waals surface area (Å²) in [5.74, 6) is -0.169. The van der Waals surface area contributed by atoms with Crippen LogP contribution >= 0.6 is 0 Å². The predicted molar refractivity (Wildman–Crippen MR) is 124 cm³/mol. The SMILES string of the molecule is CC1=CC23C(=O)[C@@H](C=C(CO)[C@@H](O)[C@]2(O)[C@H]1Oc1noc2ccccc12)[C@H]1[C@@H](C[C@H]3C)C1(C)C. The molecule has 1 heterocycles. The summed E-state index contributed by atoms with van der Waals surface area (Å²) in [6.07, 6.45) is 1.79. The number of aliphatic hydroxyl groups is 3. The maximum atomic E-state index is 14.4. The summed E-state index contributed by atoms with van der Waals surface area (Å²) in [4.78, 5) is 14.4. The summed E-state index contributed by atoms with van der Waals surface area (Å²) in [6, 6.07) is 7.24. The number of carbonyl (C=O) groups is 1. The zero-order valence-electron chi connectivity index (χ0n) is 19.9. The minimum Gasteiger partial charge on any atom is -0.464 e. The second-order valence-corrected chi connectivity index (χ2v) is 11.3. The second kappa shape index (κ2) is 6.80.